The van der Waals surface area contributed by atoms with Gasteiger partial charge in [0.1, 0.15) is 0 Å². The molecule has 0 unspecified atom stereocenters. The number of anilines is 3. The molecule has 2 saturated carbocycles. The van der Waals surface area contributed by atoms with Crippen LogP contribution >= 0.6 is 0 Å². The van der Waals surface area contributed by atoms with Crippen molar-refractivity contribution in [2.24, 2.45) is 0 Å². The van der Waals surface area contributed by atoms with Gasteiger partial charge >= 0.3 is 0 Å². The van der Waals surface area contributed by atoms with Gasteiger partial charge in [0.2, 0.25) is 0 Å². The van der Waals surface area contributed by atoms with Gasteiger partial charge in [0, 0.05) is 27.9 Å². The molecule has 0 bridgehead atoms. The fraction of sp³-hybridized carbons (Fsp3) is 0.375. The third-order valence-electron chi connectivity index (χ3n) is 13.1. The third kappa shape index (κ3) is 5.02. The van der Waals surface area contributed by atoms with E-state index in [1.54, 1.807) is 0 Å². The minimum absolute atomic E-state index is 0.00134. The van der Waals surface area contributed by atoms with Crippen molar-refractivity contribution < 1.29 is 0 Å². The normalized spacial score (nSPS) is 19.2. The lowest BCUT2D eigenvalue weighted by Gasteiger charge is -2.30. The SMILES string of the molecule is CC1(C)c2ccccc2-c2cc3c(cc21)C(C)(C)c1cc(N(c2ccc(C4CCCCC4)cc2)c2ccc(C4CCCCC4)cc2)ccc1-3. The van der Waals surface area contributed by atoms with E-state index in [-0.39, 0.29) is 10.8 Å². The molecule has 0 saturated heterocycles. The monoisotopic (exact) mass is 641 g/mol. The summed E-state index contributed by atoms with van der Waals surface area (Å²) in [6.07, 6.45) is 13.6. The van der Waals surface area contributed by atoms with E-state index in [0.29, 0.717) is 11.8 Å². The lowest BCUT2D eigenvalue weighted by atomic mass is 9.77. The van der Waals surface area contributed by atoms with E-state index in [1.807, 2.05) is 0 Å². The maximum Gasteiger partial charge on any atom is 0.0465 e. The highest BCUT2D eigenvalue weighted by molar-refractivity contribution is 5.91. The van der Waals surface area contributed by atoms with Crippen LogP contribution in [0.4, 0.5) is 17.1 Å². The van der Waals surface area contributed by atoms with Crippen LogP contribution in [-0.2, 0) is 10.8 Å². The fourth-order valence-electron chi connectivity index (χ4n) is 10.2. The van der Waals surface area contributed by atoms with Crippen molar-refractivity contribution in [1.82, 2.24) is 0 Å². The van der Waals surface area contributed by atoms with Gasteiger partial charge in [-0.25, -0.2) is 0 Å². The highest BCUT2D eigenvalue weighted by Crippen LogP contribution is 2.56. The van der Waals surface area contributed by atoms with Crippen LogP contribution in [0.15, 0.2) is 103 Å². The molecule has 0 aliphatic heterocycles. The van der Waals surface area contributed by atoms with E-state index in [9.17, 15) is 0 Å². The highest BCUT2D eigenvalue weighted by Gasteiger charge is 2.42. The van der Waals surface area contributed by atoms with E-state index < -0.39 is 0 Å². The number of rotatable bonds is 5. The van der Waals surface area contributed by atoms with E-state index >= 15 is 0 Å². The molecule has 4 aliphatic carbocycles. The van der Waals surface area contributed by atoms with Gasteiger partial charge in [0.15, 0.2) is 0 Å². The van der Waals surface area contributed by atoms with Crippen molar-refractivity contribution in [3.05, 3.63) is 137 Å². The lowest BCUT2D eigenvalue weighted by molar-refractivity contribution is 0.443. The van der Waals surface area contributed by atoms with E-state index in [0.717, 1.165) is 0 Å². The summed E-state index contributed by atoms with van der Waals surface area (Å²) in [6.45, 7) is 9.67. The predicted molar refractivity (Wildman–Crippen MR) is 208 cm³/mol. The Labute approximate surface area is 294 Å². The zero-order valence-corrected chi connectivity index (χ0v) is 30.0. The molecule has 1 heteroatoms. The highest BCUT2D eigenvalue weighted by atomic mass is 15.1. The molecule has 0 N–H and O–H groups in total. The quantitative estimate of drug-likeness (QED) is 0.185. The second kappa shape index (κ2) is 11.8. The van der Waals surface area contributed by atoms with Crippen LogP contribution in [0.2, 0.25) is 0 Å². The average molecular weight is 642 g/mol. The van der Waals surface area contributed by atoms with Gasteiger partial charge in [-0.15, -0.1) is 0 Å². The number of hydrogen-bond donors (Lipinski definition) is 0. The zero-order chi connectivity index (χ0) is 33.3. The van der Waals surface area contributed by atoms with Crippen LogP contribution in [-0.4, -0.2) is 0 Å². The number of benzene rings is 5. The van der Waals surface area contributed by atoms with Gasteiger partial charge in [-0.1, -0.05) is 127 Å². The summed E-state index contributed by atoms with van der Waals surface area (Å²) in [7, 11) is 0. The maximum absolute atomic E-state index is 2.55. The van der Waals surface area contributed by atoms with Gasteiger partial charge < -0.3 is 4.90 Å². The minimum atomic E-state index is -0.0953. The van der Waals surface area contributed by atoms with Gasteiger partial charge in [-0.05, 0) is 136 Å². The fourth-order valence-corrected chi connectivity index (χ4v) is 10.2. The summed E-state index contributed by atoms with van der Waals surface area (Å²) in [5, 5.41) is 0. The van der Waals surface area contributed by atoms with Crippen molar-refractivity contribution in [2.75, 3.05) is 4.90 Å². The van der Waals surface area contributed by atoms with Crippen LogP contribution in [0, 0.1) is 0 Å². The predicted octanol–water partition coefficient (Wildman–Crippen LogP) is 13.9. The van der Waals surface area contributed by atoms with E-state index in [1.165, 1.54) is 137 Å². The van der Waals surface area contributed by atoms with Gasteiger partial charge in [-0.3, -0.25) is 0 Å². The molecule has 0 radical (unpaired) electrons. The standard InChI is InChI=1S/C48H51N/c1-47(2)43-18-12-11-17-39(43)41-30-42-40-28-27-38(29-44(40)48(3,4)46(42)31-45(41)47)49(36-23-19-34(20-24-36)32-13-7-5-8-14-32)37-25-21-35(22-26-37)33-15-9-6-10-16-33/h11-12,17-33H,5-10,13-16H2,1-4H3. The van der Waals surface area contributed by atoms with Crippen molar-refractivity contribution in [3.63, 3.8) is 0 Å². The van der Waals surface area contributed by atoms with Crippen molar-refractivity contribution in [3.8, 4) is 22.3 Å². The van der Waals surface area contributed by atoms with Crippen LogP contribution in [0.3, 0.4) is 0 Å². The summed E-state index contributed by atoms with van der Waals surface area (Å²) in [6, 6.07) is 40.6. The molecule has 0 aromatic heterocycles. The molecule has 9 rings (SSSR count). The first-order valence-electron chi connectivity index (χ1n) is 19.2. The largest absolute Gasteiger partial charge is 0.310 e. The third-order valence-corrected chi connectivity index (χ3v) is 13.1. The molecule has 4 aliphatic rings. The molecule has 1 nitrogen and oxygen atoms in total. The minimum Gasteiger partial charge on any atom is -0.310 e. The molecular weight excluding hydrogens is 591 g/mol. The number of fused-ring (bicyclic) bond motifs is 6. The molecule has 0 spiro atoms. The Morgan fingerprint density at radius 1 is 0.408 bits per heavy atom. The summed E-state index contributed by atoms with van der Waals surface area (Å²) in [5.74, 6) is 1.42. The lowest BCUT2D eigenvalue weighted by Crippen LogP contribution is -2.19. The molecule has 248 valence electrons. The van der Waals surface area contributed by atoms with Crippen LogP contribution in [0.25, 0.3) is 22.3 Å². The Balaban J connectivity index is 1.13. The maximum atomic E-state index is 2.55. The topological polar surface area (TPSA) is 3.24 Å². The Morgan fingerprint density at radius 3 is 1.41 bits per heavy atom. The van der Waals surface area contributed by atoms with Crippen LogP contribution < -0.4 is 4.90 Å². The van der Waals surface area contributed by atoms with E-state index in [2.05, 4.69) is 136 Å². The van der Waals surface area contributed by atoms with Gasteiger partial charge in [-0.2, -0.15) is 0 Å². The van der Waals surface area contributed by atoms with Crippen LogP contribution in [0.5, 0.6) is 0 Å². The first-order chi connectivity index (χ1) is 23.8. The second-order valence-electron chi connectivity index (χ2n) is 16.7. The molecular formula is C48H51N. The van der Waals surface area contributed by atoms with Gasteiger partial charge in [0.25, 0.3) is 0 Å². The first-order valence-corrected chi connectivity index (χ1v) is 19.2. The first kappa shape index (κ1) is 30.9. The molecule has 49 heavy (non-hydrogen) atoms. The Bertz CT molecular complexity index is 1950. The molecule has 0 atom stereocenters. The Hall–Kier alpha value is -4.10. The number of nitrogens with zero attached hydrogens (tertiary/aromatic N) is 1. The zero-order valence-electron chi connectivity index (χ0n) is 30.0. The second-order valence-corrected chi connectivity index (χ2v) is 16.7. The van der Waals surface area contributed by atoms with Gasteiger partial charge in [0.05, 0.1) is 0 Å². The molecule has 5 aromatic rings. The summed E-state index contributed by atoms with van der Waals surface area (Å²) >= 11 is 0. The Morgan fingerprint density at radius 2 is 0.857 bits per heavy atom. The summed E-state index contributed by atoms with van der Waals surface area (Å²) in [5.41, 5.74) is 18.1. The van der Waals surface area contributed by atoms with Crippen molar-refractivity contribution in [1.29, 1.82) is 0 Å². The van der Waals surface area contributed by atoms with Crippen LogP contribution in [0.1, 0.15) is 137 Å². The molecule has 2 fully saturated rings. The smallest absolute Gasteiger partial charge is 0.0465 e. The summed E-state index contributed by atoms with van der Waals surface area (Å²) in [4.78, 5) is 2.51. The van der Waals surface area contributed by atoms with Crippen molar-refractivity contribution in [2.45, 2.75) is 115 Å². The average Bonchev–Trinajstić information content (AvgIpc) is 3.51. The molecule has 0 amide bonds. The number of hydrogen-bond acceptors (Lipinski definition) is 1. The molecule has 5 aromatic carbocycles. The van der Waals surface area contributed by atoms with E-state index in [4.69, 9.17) is 0 Å². The Kier molecular flexibility index (Phi) is 7.42. The van der Waals surface area contributed by atoms with Crippen molar-refractivity contribution >= 4 is 17.1 Å². The summed E-state index contributed by atoms with van der Waals surface area (Å²) < 4.78 is 0. The molecule has 0 heterocycles.